The van der Waals surface area contributed by atoms with Crippen LogP contribution in [0.25, 0.3) is 15.9 Å². The Labute approximate surface area is 183 Å². The van der Waals surface area contributed by atoms with Gasteiger partial charge in [0.15, 0.2) is 5.65 Å². The average Bonchev–Trinajstić information content (AvgIpc) is 3.50. The second-order valence-electron chi connectivity index (χ2n) is 8.41. The number of anilines is 1. The minimum atomic E-state index is 0.368. The maximum atomic E-state index is 5.89. The van der Waals surface area contributed by atoms with Crippen LogP contribution in [0.2, 0.25) is 0 Å². The largest absolute Gasteiger partial charge is 0.378 e. The summed E-state index contributed by atoms with van der Waals surface area (Å²) >= 11 is 3.38. The third-order valence-corrected chi connectivity index (χ3v) is 8.33. The van der Waals surface area contributed by atoms with E-state index in [1.807, 2.05) is 24.8 Å². The van der Waals surface area contributed by atoms with Crippen LogP contribution in [-0.4, -0.2) is 45.2 Å². The minimum Gasteiger partial charge on any atom is -0.378 e. The van der Waals surface area contributed by atoms with E-state index in [-0.39, 0.29) is 0 Å². The monoisotopic (exact) mass is 437 g/mol. The van der Waals surface area contributed by atoms with Crippen molar-refractivity contribution in [1.29, 1.82) is 0 Å². The van der Waals surface area contributed by atoms with Gasteiger partial charge < -0.3 is 9.64 Å². The molecule has 0 N–H and O–H groups in total. The molecule has 2 aliphatic heterocycles. The van der Waals surface area contributed by atoms with Crippen LogP contribution in [0.4, 0.5) is 5.95 Å². The SMILES string of the molecule is C[C@H]1CC2(CCN(c3ncc(Sc4ccnc5sccc45)c4nccn34)CC2)CO1. The first-order chi connectivity index (χ1) is 14.7. The summed E-state index contributed by atoms with van der Waals surface area (Å²) in [7, 11) is 0. The van der Waals surface area contributed by atoms with Gasteiger partial charge in [-0.1, -0.05) is 11.8 Å². The zero-order valence-corrected chi connectivity index (χ0v) is 18.5. The smallest absolute Gasteiger partial charge is 0.211 e. The van der Waals surface area contributed by atoms with Gasteiger partial charge in [0.1, 0.15) is 4.83 Å². The van der Waals surface area contributed by atoms with E-state index < -0.39 is 0 Å². The molecule has 6 heterocycles. The van der Waals surface area contributed by atoms with Crippen molar-refractivity contribution in [2.45, 2.75) is 42.1 Å². The number of ether oxygens (including phenoxy) is 1. The lowest BCUT2D eigenvalue weighted by Crippen LogP contribution is -2.41. The number of thiophene rings is 1. The molecular formula is C22H23N5OS2. The van der Waals surface area contributed by atoms with Crippen molar-refractivity contribution in [3.63, 3.8) is 0 Å². The molecule has 1 spiro atoms. The van der Waals surface area contributed by atoms with E-state index in [2.05, 4.69) is 43.7 Å². The quantitative estimate of drug-likeness (QED) is 0.455. The van der Waals surface area contributed by atoms with E-state index in [4.69, 9.17) is 9.72 Å². The summed E-state index contributed by atoms with van der Waals surface area (Å²) in [6.07, 6.45) is 11.7. The number of fused-ring (bicyclic) bond motifs is 2. The van der Waals surface area contributed by atoms with Crippen molar-refractivity contribution in [3.8, 4) is 0 Å². The Balaban J connectivity index is 1.29. The molecule has 2 saturated heterocycles. The number of rotatable bonds is 3. The van der Waals surface area contributed by atoms with E-state index in [9.17, 15) is 0 Å². The molecule has 154 valence electrons. The van der Waals surface area contributed by atoms with Gasteiger partial charge in [-0.25, -0.2) is 15.0 Å². The van der Waals surface area contributed by atoms with Gasteiger partial charge in [-0.2, -0.15) is 0 Å². The molecule has 6 rings (SSSR count). The summed E-state index contributed by atoms with van der Waals surface area (Å²) in [5.41, 5.74) is 1.33. The van der Waals surface area contributed by atoms with Gasteiger partial charge in [0.2, 0.25) is 5.95 Å². The van der Waals surface area contributed by atoms with E-state index >= 15 is 0 Å². The van der Waals surface area contributed by atoms with Gasteiger partial charge in [-0.3, -0.25) is 4.40 Å². The zero-order chi connectivity index (χ0) is 20.1. The maximum absolute atomic E-state index is 5.89. The van der Waals surface area contributed by atoms with Crippen LogP contribution in [0.3, 0.4) is 0 Å². The first-order valence-electron chi connectivity index (χ1n) is 10.4. The Kier molecular flexibility index (Phi) is 4.47. The normalized spacial score (nSPS) is 21.2. The predicted octanol–water partition coefficient (Wildman–Crippen LogP) is 4.89. The Bertz CT molecular complexity index is 1210. The highest BCUT2D eigenvalue weighted by Gasteiger charge is 2.41. The van der Waals surface area contributed by atoms with Gasteiger partial charge in [-0.15, -0.1) is 11.3 Å². The summed E-state index contributed by atoms with van der Waals surface area (Å²) in [5.74, 6) is 0.990. The molecule has 0 aromatic carbocycles. The van der Waals surface area contributed by atoms with Gasteiger partial charge in [0.05, 0.1) is 17.6 Å². The van der Waals surface area contributed by atoms with Crippen molar-refractivity contribution in [2.24, 2.45) is 5.41 Å². The number of hydrogen-bond acceptors (Lipinski definition) is 7. The fourth-order valence-electron chi connectivity index (χ4n) is 4.82. The van der Waals surface area contributed by atoms with E-state index in [1.54, 1.807) is 23.1 Å². The Morgan fingerprint density at radius 3 is 2.87 bits per heavy atom. The molecule has 2 fully saturated rings. The standard InChI is InChI=1S/C22H23N5OS2/c1-15-12-22(14-28-15)4-8-26(9-5-22)21-25-13-18(19-23-7-10-27(19)21)30-17-2-6-24-20-16(17)3-11-29-20/h2-3,6-7,10-11,13,15H,4-5,8-9,12,14H2,1H3/t15-/m0/s1. The second-order valence-corrected chi connectivity index (χ2v) is 10.4. The maximum Gasteiger partial charge on any atom is 0.211 e. The molecule has 0 radical (unpaired) electrons. The number of nitrogens with zero attached hydrogens (tertiary/aromatic N) is 5. The molecule has 30 heavy (non-hydrogen) atoms. The summed E-state index contributed by atoms with van der Waals surface area (Å²) in [4.78, 5) is 19.7. The lowest BCUT2D eigenvalue weighted by molar-refractivity contribution is 0.0975. The van der Waals surface area contributed by atoms with Gasteiger partial charge in [-0.05, 0) is 49.1 Å². The van der Waals surface area contributed by atoms with Crippen LogP contribution in [0.5, 0.6) is 0 Å². The lowest BCUT2D eigenvalue weighted by Gasteiger charge is -2.39. The van der Waals surface area contributed by atoms with E-state index in [1.165, 1.54) is 29.5 Å². The van der Waals surface area contributed by atoms with Crippen molar-refractivity contribution in [3.05, 3.63) is 42.3 Å². The molecule has 4 aromatic heterocycles. The summed E-state index contributed by atoms with van der Waals surface area (Å²) in [5, 5.41) is 3.28. The van der Waals surface area contributed by atoms with E-state index in [0.717, 1.165) is 41.0 Å². The number of piperidine rings is 1. The Hall–Kier alpha value is -2.16. The van der Waals surface area contributed by atoms with Crippen LogP contribution in [0, 0.1) is 5.41 Å². The number of imidazole rings is 1. The first kappa shape index (κ1) is 18.6. The molecule has 6 nitrogen and oxygen atoms in total. The molecular weight excluding hydrogens is 414 g/mol. The number of aromatic nitrogens is 4. The molecule has 0 bridgehead atoms. The molecule has 0 saturated carbocycles. The van der Waals surface area contributed by atoms with Gasteiger partial charge in [0, 0.05) is 48.2 Å². The molecule has 4 aromatic rings. The van der Waals surface area contributed by atoms with Crippen molar-refractivity contribution < 1.29 is 4.74 Å². The molecule has 1 atom stereocenters. The van der Waals surface area contributed by atoms with Crippen molar-refractivity contribution in [1.82, 2.24) is 19.4 Å². The molecule has 0 unspecified atom stereocenters. The first-order valence-corrected chi connectivity index (χ1v) is 12.1. The van der Waals surface area contributed by atoms with Crippen LogP contribution in [0.15, 0.2) is 52.1 Å². The Morgan fingerprint density at radius 2 is 2.03 bits per heavy atom. The average molecular weight is 438 g/mol. The molecule has 0 aliphatic carbocycles. The van der Waals surface area contributed by atoms with Crippen molar-refractivity contribution >= 4 is 44.9 Å². The summed E-state index contributed by atoms with van der Waals surface area (Å²) in [6, 6.07) is 4.21. The molecule has 2 aliphatic rings. The van der Waals surface area contributed by atoms with Crippen LogP contribution in [0.1, 0.15) is 26.2 Å². The van der Waals surface area contributed by atoms with Gasteiger partial charge >= 0.3 is 0 Å². The highest BCUT2D eigenvalue weighted by molar-refractivity contribution is 7.99. The minimum absolute atomic E-state index is 0.368. The fourth-order valence-corrected chi connectivity index (χ4v) is 6.64. The van der Waals surface area contributed by atoms with Crippen molar-refractivity contribution in [2.75, 3.05) is 24.6 Å². The third kappa shape index (κ3) is 3.09. The van der Waals surface area contributed by atoms with Gasteiger partial charge in [0.25, 0.3) is 0 Å². The second kappa shape index (κ2) is 7.21. The van der Waals surface area contributed by atoms with E-state index in [0.29, 0.717) is 11.5 Å². The fraction of sp³-hybridized carbons (Fsp3) is 0.409. The topological polar surface area (TPSA) is 55.6 Å². The predicted molar refractivity (Wildman–Crippen MR) is 121 cm³/mol. The van der Waals surface area contributed by atoms with Crippen LogP contribution >= 0.6 is 23.1 Å². The highest BCUT2D eigenvalue weighted by Crippen LogP contribution is 2.43. The zero-order valence-electron chi connectivity index (χ0n) is 16.8. The highest BCUT2D eigenvalue weighted by atomic mass is 32.2. The number of pyridine rings is 1. The molecule has 0 amide bonds. The third-order valence-electron chi connectivity index (χ3n) is 6.42. The van der Waals surface area contributed by atoms with Crippen LogP contribution < -0.4 is 4.90 Å². The molecule has 8 heteroatoms. The number of hydrogen-bond donors (Lipinski definition) is 0. The van der Waals surface area contributed by atoms with Crippen LogP contribution in [-0.2, 0) is 4.74 Å². The summed E-state index contributed by atoms with van der Waals surface area (Å²) in [6.45, 7) is 5.14. The summed E-state index contributed by atoms with van der Waals surface area (Å²) < 4.78 is 8.03. The lowest BCUT2D eigenvalue weighted by atomic mass is 9.77. The Morgan fingerprint density at radius 1 is 1.13 bits per heavy atom.